The fourth-order valence-electron chi connectivity index (χ4n) is 2.69. The second-order valence-electron chi connectivity index (χ2n) is 5.69. The van der Waals surface area contributed by atoms with Gasteiger partial charge in [-0.3, -0.25) is 20.2 Å². The van der Waals surface area contributed by atoms with Crippen molar-refractivity contribution in [1.29, 1.82) is 0 Å². The highest BCUT2D eigenvalue weighted by Crippen LogP contribution is 2.29. The van der Waals surface area contributed by atoms with E-state index in [4.69, 9.17) is 28.6 Å². The van der Waals surface area contributed by atoms with Crippen LogP contribution < -0.4 is 15.4 Å². The first-order chi connectivity index (χ1) is 13.4. The monoisotopic (exact) mass is 415 g/mol. The van der Waals surface area contributed by atoms with Gasteiger partial charge in [-0.05, 0) is 41.9 Å². The van der Waals surface area contributed by atoms with Gasteiger partial charge in [0.05, 0.1) is 18.1 Å². The third-order valence-corrected chi connectivity index (χ3v) is 4.52. The summed E-state index contributed by atoms with van der Waals surface area (Å²) >= 11 is 11.3. The minimum atomic E-state index is -0.567. The lowest BCUT2D eigenvalue weighted by Crippen LogP contribution is -2.34. The maximum atomic E-state index is 12.7. The van der Waals surface area contributed by atoms with Gasteiger partial charge in [0.1, 0.15) is 11.4 Å². The predicted octanol–water partition coefficient (Wildman–Crippen LogP) is 4.54. The molecule has 3 rings (SSSR count). The second kappa shape index (κ2) is 8.20. The molecular weight excluding hydrogens is 402 g/mol. The summed E-state index contributed by atoms with van der Waals surface area (Å²) in [5, 5.41) is 18.3. The molecule has 0 aliphatic rings. The number of rotatable bonds is 4. The molecule has 7 nitrogen and oxygen atoms in total. The first-order valence-corrected chi connectivity index (χ1v) is 8.81. The lowest BCUT2D eigenvalue weighted by molar-refractivity contribution is -0.384. The van der Waals surface area contributed by atoms with Crippen molar-refractivity contribution >= 4 is 57.0 Å². The maximum absolute atomic E-state index is 12.7. The van der Waals surface area contributed by atoms with E-state index in [1.54, 1.807) is 36.4 Å². The molecular formula is C19H14ClN3O4S. The summed E-state index contributed by atoms with van der Waals surface area (Å²) in [6.07, 6.45) is 0. The van der Waals surface area contributed by atoms with Gasteiger partial charge in [-0.15, -0.1) is 0 Å². The highest BCUT2D eigenvalue weighted by atomic mass is 35.5. The van der Waals surface area contributed by atoms with E-state index >= 15 is 0 Å². The Kier molecular flexibility index (Phi) is 5.72. The van der Waals surface area contributed by atoms with Crippen LogP contribution in [0.2, 0.25) is 5.02 Å². The SMILES string of the molecule is COc1ccc(NC(=S)NC(=O)c2cccc3c(Cl)cccc23)c([N+](=O)[O-])c1. The Labute approximate surface area is 170 Å². The highest BCUT2D eigenvalue weighted by molar-refractivity contribution is 7.80. The van der Waals surface area contributed by atoms with Crippen LogP contribution in [-0.4, -0.2) is 23.1 Å². The maximum Gasteiger partial charge on any atom is 0.296 e. The van der Waals surface area contributed by atoms with Gasteiger partial charge in [0, 0.05) is 16.0 Å². The second-order valence-corrected chi connectivity index (χ2v) is 6.50. The fourth-order valence-corrected chi connectivity index (χ4v) is 3.13. The molecule has 28 heavy (non-hydrogen) atoms. The van der Waals surface area contributed by atoms with E-state index < -0.39 is 10.8 Å². The molecule has 0 unspecified atom stereocenters. The molecule has 0 spiro atoms. The lowest BCUT2D eigenvalue weighted by Gasteiger charge is -2.12. The number of amides is 1. The normalized spacial score (nSPS) is 10.4. The van der Waals surface area contributed by atoms with Crippen LogP contribution in [0, 0.1) is 10.1 Å². The predicted molar refractivity (Wildman–Crippen MR) is 112 cm³/mol. The Morgan fingerprint density at radius 1 is 1.14 bits per heavy atom. The molecule has 3 aromatic rings. The van der Waals surface area contributed by atoms with Crippen LogP contribution in [0.1, 0.15) is 10.4 Å². The number of nitrogens with zero attached hydrogens (tertiary/aromatic N) is 1. The zero-order valence-electron chi connectivity index (χ0n) is 14.6. The summed E-state index contributed by atoms with van der Waals surface area (Å²) in [7, 11) is 1.41. The van der Waals surface area contributed by atoms with Crippen molar-refractivity contribution in [3.8, 4) is 5.75 Å². The number of fused-ring (bicyclic) bond motifs is 1. The van der Waals surface area contributed by atoms with Crippen molar-refractivity contribution in [3.63, 3.8) is 0 Å². The fraction of sp³-hybridized carbons (Fsp3) is 0.0526. The largest absolute Gasteiger partial charge is 0.496 e. The molecule has 0 radical (unpaired) electrons. The Morgan fingerprint density at radius 2 is 1.86 bits per heavy atom. The quantitative estimate of drug-likeness (QED) is 0.369. The van der Waals surface area contributed by atoms with E-state index in [0.717, 1.165) is 5.39 Å². The average molecular weight is 416 g/mol. The summed E-state index contributed by atoms with van der Waals surface area (Å²) in [4.78, 5) is 23.3. The number of thiocarbonyl (C=S) groups is 1. The molecule has 142 valence electrons. The van der Waals surface area contributed by atoms with Crippen LogP contribution in [-0.2, 0) is 0 Å². The Morgan fingerprint density at radius 3 is 2.57 bits per heavy atom. The van der Waals surface area contributed by atoms with Gasteiger partial charge in [-0.1, -0.05) is 35.9 Å². The van der Waals surface area contributed by atoms with Gasteiger partial charge in [-0.25, -0.2) is 0 Å². The van der Waals surface area contributed by atoms with E-state index in [0.29, 0.717) is 21.7 Å². The number of nitrogens with one attached hydrogen (secondary N) is 2. The molecule has 0 atom stereocenters. The summed E-state index contributed by atoms with van der Waals surface area (Å²) in [6, 6.07) is 14.7. The van der Waals surface area contributed by atoms with Gasteiger partial charge < -0.3 is 10.1 Å². The van der Waals surface area contributed by atoms with Gasteiger partial charge in [0.15, 0.2) is 5.11 Å². The lowest BCUT2D eigenvalue weighted by atomic mass is 10.0. The van der Waals surface area contributed by atoms with Crippen LogP contribution in [0.3, 0.4) is 0 Å². The molecule has 0 saturated carbocycles. The molecule has 0 heterocycles. The summed E-state index contributed by atoms with van der Waals surface area (Å²) in [5.74, 6) is -0.124. The van der Waals surface area contributed by atoms with Crippen molar-refractivity contribution in [2.24, 2.45) is 0 Å². The molecule has 2 N–H and O–H groups in total. The van der Waals surface area contributed by atoms with Gasteiger partial charge in [0.2, 0.25) is 0 Å². The van der Waals surface area contributed by atoms with Crippen LogP contribution >= 0.6 is 23.8 Å². The topological polar surface area (TPSA) is 93.5 Å². The van der Waals surface area contributed by atoms with Crippen molar-refractivity contribution < 1.29 is 14.5 Å². The number of methoxy groups -OCH3 is 1. The van der Waals surface area contributed by atoms with E-state index in [9.17, 15) is 14.9 Å². The zero-order chi connectivity index (χ0) is 20.3. The van der Waals surface area contributed by atoms with E-state index in [1.807, 2.05) is 6.07 Å². The number of nitro groups is 1. The molecule has 0 bridgehead atoms. The highest BCUT2D eigenvalue weighted by Gasteiger charge is 2.18. The van der Waals surface area contributed by atoms with Crippen LogP contribution in [0.25, 0.3) is 10.8 Å². The third kappa shape index (κ3) is 4.03. The number of anilines is 1. The molecule has 0 aliphatic heterocycles. The summed E-state index contributed by atoms with van der Waals surface area (Å²) in [5.41, 5.74) is 0.290. The van der Waals surface area contributed by atoms with Crippen molar-refractivity contribution in [2.45, 2.75) is 0 Å². The van der Waals surface area contributed by atoms with Crippen LogP contribution in [0.5, 0.6) is 5.75 Å². The number of ether oxygens (including phenoxy) is 1. The first kappa shape index (κ1) is 19.5. The minimum absolute atomic E-state index is 0.0719. The standard InChI is InChI=1S/C19H14ClN3O4S/c1-27-11-8-9-16(17(10-11)23(25)26)21-19(28)22-18(24)14-6-2-5-13-12(14)4-3-7-15(13)20/h2-10H,1H3,(H2,21,22,24,28). The van der Waals surface area contributed by atoms with Crippen molar-refractivity contribution in [3.05, 3.63) is 75.3 Å². The number of carbonyl (C=O) groups is 1. The van der Waals surface area contributed by atoms with Crippen LogP contribution in [0.4, 0.5) is 11.4 Å². The minimum Gasteiger partial charge on any atom is -0.496 e. The van der Waals surface area contributed by atoms with E-state index in [1.165, 1.54) is 19.2 Å². The first-order valence-electron chi connectivity index (χ1n) is 8.02. The number of nitro benzene ring substituents is 1. The Balaban J connectivity index is 1.82. The Hall–Kier alpha value is -3.23. The zero-order valence-corrected chi connectivity index (χ0v) is 16.1. The average Bonchev–Trinajstić information content (AvgIpc) is 2.68. The van der Waals surface area contributed by atoms with Crippen molar-refractivity contribution in [2.75, 3.05) is 12.4 Å². The number of hydrogen-bond donors (Lipinski definition) is 2. The third-order valence-electron chi connectivity index (χ3n) is 3.99. The van der Waals surface area contributed by atoms with Crippen LogP contribution in [0.15, 0.2) is 54.6 Å². The summed E-state index contributed by atoms with van der Waals surface area (Å²) in [6.45, 7) is 0. The number of halogens is 1. The molecule has 1 amide bonds. The number of benzene rings is 3. The van der Waals surface area contributed by atoms with Gasteiger partial charge in [-0.2, -0.15) is 0 Å². The molecule has 3 aromatic carbocycles. The van der Waals surface area contributed by atoms with E-state index in [-0.39, 0.29) is 16.5 Å². The molecule has 0 saturated heterocycles. The number of carbonyl (C=O) groups excluding carboxylic acids is 1. The molecule has 0 aliphatic carbocycles. The van der Waals surface area contributed by atoms with Gasteiger partial charge >= 0.3 is 0 Å². The van der Waals surface area contributed by atoms with Crippen molar-refractivity contribution in [1.82, 2.24) is 5.32 Å². The number of hydrogen-bond acceptors (Lipinski definition) is 5. The Bertz CT molecular complexity index is 1100. The van der Waals surface area contributed by atoms with Gasteiger partial charge in [0.25, 0.3) is 11.6 Å². The summed E-state index contributed by atoms with van der Waals surface area (Å²) < 4.78 is 4.99. The molecule has 0 aromatic heterocycles. The van der Waals surface area contributed by atoms with E-state index in [2.05, 4.69) is 10.6 Å². The molecule has 9 heteroatoms. The smallest absolute Gasteiger partial charge is 0.296 e. The molecule has 0 fully saturated rings.